The molecule has 1 heterocycles. The number of carbonyl (C=O) groups excluding carboxylic acids is 1. The van der Waals surface area contributed by atoms with Crippen LogP contribution in [0.1, 0.15) is 33.6 Å². The Balaban J connectivity index is 2.43. The zero-order valence-corrected chi connectivity index (χ0v) is 11.9. The van der Waals surface area contributed by atoms with Crippen LogP contribution in [-0.2, 0) is 9.53 Å². The van der Waals surface area contributed by atoms with Crippen LogP contribution in [0.2, 0.25) is 0 Å². The molecule has 0 aromatic carbocycles. The first-order valence-electron chi connectivity index (χ1n) is 6.88. The number of carbonyl (C=O) groups is 1. The van der Waals surface area contributed by atoms with Crippen molar-refractivity contribution in [2.75, 3.05) is 19.8 Å². The van der Waals surface area contributed by atoms with Crippen LogP contribution in [0, 0.1) is 5.92 Å². The van der Waals surface area contributed by atoms with Crippen LogP contribution in [0.5, 0.6) is 0 Å². The molecule has 0 aromatic rings. The summed E-state index contributed by atoms with van der Waals surface area (Å²) in [6.07, 6.45) is -0.867. The average molecular weight is 278 g/mol. The molecule has 4 nitrogen and oxygen atoms in total. The van der Waals surface area contributed by atoms with Gasteiger partial charge in [-0.2, -0.15) is 0 Å². The molecule has 0 aliphatic carbocycles. The van der Waals surface area contributed by atoms with Crippen LogP contribution in [0.3, 0.4) is 0 Å². The van der Waals surface area contributed by atoms with Crippen molar-refractivity contribution in [1.29, 1.82) is 0 Å². The lowest BCUT2D eigenvalue weighted by atomic mass is 10.0. The SMILES string of the molecule is CCC1NC(CC(C)C)C(=O)N1CCOCC(F)F. The number of alkyl halides is 2. The quantitative estimate of drug-likeness (QED) is 0.689. The molecule has 1 N–H and O–H groups in total. The van der Waals surface area contributed by atoms with Crippen molar-refractivity contribution < 1.29 is 18.3 Å². The van der Waals surface area contributed by atoms with Gasteiger partial charge in [0.05, 0.1) is 18.8 Å². The van der Waals surface area contributed by atoms with Gasteiger partial charge in [0.1, 0.15) is 6.61 Å². The fourth-order valence-corrected chi connectivity index (χ4v) is 2.33. The summed E-state index contributed by atoms with van der Waals surface area (Å²) in [5.74, 6) is 0.496. The van der Waals surface area contributed by atoms with Gasteiger partial charge in [-0.25, -0.2) is 8.78 Å². The Kier molecular flexibility index (Phi) is 6.65. The maximum atomic E-state index is 12.2. The van der Waals surface area contributed by atoms with E-state index in [4.69, 9.17) is 4.74 Å². The van der Waals surface area contributed by atoms with Gasteiger partial charge in [-0.05, 0) is 18.8 Å². The fraction of sp³-hybridized carbons (Fsp3) is 0.923. The van der Waals surface area contributed by atoms with Crippen molar-refractivity contribution in [2.24, 2.45) is 5.92 Å². The van der Waals surface area contributed by atoms with E-state index in [1.807, 2.05) is 6.92 Å². The minimum atomic E-state index is -2.46. The lowest BCUT2D eigenvalue weighted by molar-refractivity contribution is -0.131. The van der Waals surface area contributed by atoms with E-state index >= 15 is 0 Å². The minimum absolute atomic E-state index is 0.00796. The van der Waals surface area contributed by atoms with Crippen LogP contribution in [0.15, 0.2) is 0 Å². The van der Waals surface area contributed by atoms with Gasteiger partial charge >= 0.3 is 0 Å². The smallest absolute Gasteiger partial charge is 0.261 e. The lowest BCUT2D eigenvalue weighted by Crippen LogP contribution is -2.39. The number of halogens is 2. The van der Waals surface area contributed by atoms with Crippen LogP contribution >= 0.6 is 0 Å². The lowest BCUT2D eigenvalue weighted by Gasteiger charge is -2.22. The topological polar surface area (TPSA) is 41.6 Å². The second kappa shape index (κ2) is 7.75. The van der Waals surface area contributed by atoms with Gasteiger partial charge in [0.2, 0.25) is 5.91 Å². The van der Waals surface area contributed by atoms with Crippen molar-refractivity contribution in [1.82, 2.24) is 10.2 Å². The number of hydrogen-bond donors (Lipinski definition) is 1. The molecule has 2 unspecified atom stereocenters. The second-order valence-corrected chi connectivity index (χ2v) is 5.27. The first-order chi connectivity index (χ1) is 8.95. The first-order valence-corrected chi connectivity index (χ1v) is 6.88. The Morgan fingerprint density at radius 1 is 1.42 bits per heavy atom. The Morgan fingerprint density at radius 3 is 2.63 bits per heavy atom. The van der Waals surface area contributed by atoms with E-state index in [-0.39, 0.29) is 24.7 Å². The monoisotopic (exact) mass is 278 g/mol. The predicted molar refractivity (Wildman–Crippen MR) is 69.0 cm³/mol. The predicted octanol–water partition coefficient (Wildman–Crippen LogP) is 1.85. The normalized spacial score (nSPS) is 23.9. The third-order valence-electron chi connectivity index (χ3n) is 3.17. The van der Waals surface area contributed by atoms with Crippen LogP contribution in [-0.4, -0.2) is 49.2 Å². The molecule has 0 aromatic heterocycles. The van der Waals surface area contributed by atoms with Crippen molar-refractivity contribution in [3.05, 3.63) is 0 Å². The van der Waals surface area contributed by atoms with Gasteiger partial charge in [0.15, 0.2) is 0 Å². The number of hydrogen-bond acceptors (Lipinski definition) is 3. The zero-order chi connectivity index (χ0) is 14.4. The van der Waals surface area contributed by atoms with E-state index in [0.29, 0.717) is 12.5 Å². The molecule has 1 aliphatic heterocycles. The molecule has 0 bridgehead atoms. The molecular weight excluding hydrogens is 254 g/mol. The van der Waals surface area contributed by atoms with E-state index in [2.05, 4.69) is 19.2 Å². The molecule has 1 amide bonds. The molecule has 112 valence electrons. The summed E-state index contributed by atoms with van der Waals surface area (Å²) in [5.41, 5.74) is 0. The van der Waals surface area contributed by atoms with Gasteiger partial charge < -0.3 is 9.64 Å². The summed E-state index contributed by atoms with van der Waals surface area (Å²) >= 11 is 0. The highest BCUT2D eigenvalue weighted by atomic mass is 19.3. The number of amides is 1. The summed E-state index contributed by atoms with van der Waals surface area (Å²) in [5, 5.41) is 3.29. The summed E-state index contributed by atoms with van der Waals surface area (Å²) in [6.45, 7) is 6.10. The molecule has 0 saturated carbocycles. The van der Waals surface area contributed by atoms with Gasteiger partial charge in [0, 0.05) is 6.54 Å². The number of nitrogens with zero attached hydrogens (tertiary/aromatic N) is 1. The molecular formula is C13H24F2N2O2. The van der Waals surface area contributed by atoms with E-state index in [0.717, 1.165) is 12.8 Å². The van der Waals surface area contributed by atoms with E-state index in [9.17, 15) is 13.6 Å². The Labute approximate surface area is 113 Å². The van der Waals surface area contributed by atoms with Crippen molar-refractivity contribution in [3.8, 4) is 0 Å². The van der Waals surface area contributed by atoms with E-state index in [1.54, 1.807) is 4.90 Å². The number of ether oxygens (including phenoxy) is 1. The Hall–Kier alpha value is -0.750. The van der Waals surface area contributed by atoms with Crippen LogP contribution < -0.4 is 5.32 Å². The third-order valence-corrected chi connectivity index (χ3v) is 3.17. The highest BCUT2D eigenvalue weighted by molar-refractivity contribution is 5.84. The highest BCUT2D eigenvalue weighted by Gasteiger charge is 2.37. The Bertz CT molecular complexity index is 288. The second-order valence-electron chi connectivity index (χ2n) is 5.27. The van der Waals surface area contributed by atoms with E-state index < -0.39 is 13.0 Å². The summed E-state index contributed by atoms with van der Waals surface area (Å²) in [4.78, 5) is 13.9. The molecule has 0 radical (unpaired) electrons. The molecule has 6 heteroatoms. The summed E-state index contributed by atoms with van der Waals surface area (Å²) in [7, 11) is 0. The maximum absolute atomic E-state index is 12.2. The highest BCUT2D eigenvalue weighted by Crippen LogP contribution is 2.18. The first kappa shape index (κ1) is 16.3. The van der Waals surface area contributed by atoms with Crippen molar-refractivity contribution in [3.63, 3.8) is 0 Å². The molecule has 19 heavy (non-hydrogen) atoms. The standard InChI is InChI=1S/C13H24F2N2O2/c1-4-12-16-10(7-9(2)3)13(18)17(12)5-6-19-8-11(14)15/h9-12,16H,4-8H2,1-3H3. The Morgan fingerprint density at radius 2 is 2.11 bits per heavy atom. The number of rotatable bonds is 8. The summed E-state index contributed by atoms with van der Waals surface area (Å²) < 4.78 is 28.7. The number of nitrogens with one attached hydrogen (secondary N) is 1. The third kappa shape index (κ3) is 5.03. The van der Waals surface area contributed by atoms with Gasteiger partial charge in [0.25, 0.3) is 6.43 Å². The molecule has 0 spiro atoms. The van der Waals surface area contributed by atoms with Crippen molar-refractivity contribution in [2.45, 2.75) is 52.2 Å². The van der Waals surface area contributed by atoms with Gasteiger partial charge in [-0.3, -0.25) is 10.1 Å². The molecule has 1 aliphatic rings. The molecule has 2 atom stereocenters. The largest absolute Gasteiger partial charge is 0.374 e. The maximum Gasteiger partial charge on any atom is 0.261 e. The van der Waals surface area contributed by atoms with E-state index in [1.165, 1.54) is 0 Å². The van der Waals surface area contributed by atoms with Crippen LogP contribution in [0.4, 0.5) is 8.78 Å². The average Bonchev–Trinajstić information content (AvgIpc) is 2.61. The van der Waals surface area contributed by atoms with Crippen LogP contribution in [0.25, 0.3) is 0 Å². The molecule has 1 fully saturated rings. The van der Waals surface area contributed by atoms with Gasteiger partial charge in [-0.1, -0.05) is 20.8 Å². The minimum Gasteiger partial charge on any atom is -0.374 e. The molecule has 1 saturated heterocycles. The zero-order valence-electron chi connectivity index (χ0n) is 11.9. The summed E-state index contributed by atoms with van der Waals surface area (Å²) in [6, 6.07) is -0.153. The fourth-order valence-electron chi connectivity index (χ4n) is 2.33. The molecule has 1 rings (SSSR count). The van der Waals surface area contributed by atoms with Crippen molar-refractivity contribution >= 4 is 5.91 Å². The van der Waals surface area contributed by atoms with Gasteiger partial charge in [-0.15, -0.1) is 0 Å².